The van der Waals surface area contributed by atoms with Crippen molar-refractivity contribution in [3.05, 3.63) is 28.2 Å². The fourth-order valence-electron chi connectivity index (χ4n) is 3.29. The minimum absolute atomic E-state index is 0.395. The van der Waals surface area contributed by atoms with Gasteiger partial charge in [-0.15, -0.1) is 0 Å². The summed E-state index contributed by atoms with van der Waals surface area (Å²) in [5.74, 6) is 0. The topological polar surface area (TPSA) is 15.3 Å². The Labute approximate surface area is 132 Å². The Bertz CT molecular complexity index is 433. The average Bonchev–Trinajstić information content (AvgIpc) is 2.47. The zero-order chi connectivity index (χ0) is 14.5. The molecule has 3 heteroatoms. The summed E-state index contributed by atoms with van der Waals surface area (Å²) in [5.41, 5.74) is 2.84. The van der Waals surface area contributed by atoms with Crippen LogP contribution in [0.3, 0.4) is 0 Å². The Morgan fingerprint density at radius 2 is 2.15 bits per heavy atom. The Kier molecular flexibility index (Phi) is 5.91. The van der Waals surface area contributed by atoms with E-state index in [-0.39, 0.29) is 0 Å². The van der Waals surface area contributed by atoms with E-state index >= 15 is 0 Å². The molecular formula is C17H27BrN2. The first-order chi connectivity index (χ1) is 9.67. The van der Waals surface area contributed by atoms with Crippen molar-refractivity contribution < 1.29 is 0 Å². The number of hydrogen-bond acceptors (Lipinski definition) is 2. The Morgan fingerprint density at radius 1 is 1.35 bits per heavy atom. The number of anilines is 1. The molecule has 2 rings (SSSR count). The fraction of sp³-hybridized carbons (Fsp3) is 0.647. The molecule has 2 nitrogen and oxygen atoms in total. The van der Waals surface area contributed by atoms with Gasteiger partial charge < -0.3 is 10.2 Å². The van der Waals surface area contributed by atoms with Crippen molar-refractivity contribution in [3.63, 3.8) is 0 Å². The minimum atomic E-state index is 0.395. The maximum absolute atomic E-state index is 3.63. The first-order valence-corrected chi connectivity index (χ1v) is 8.76. The predicted molar refractivity (Wildman–Crippen MR) is 91.5 cm³/mol. The molecule has 1 aromatic carbocycles. The zero-order valence-corrected chi connectivity index (χ0v) is 14.5. The van der Waals surface area contributed by atoms with Gasteiger partial charge in [-0.3, -0.25) is 0 Å². The third-order valence-electron chi connectivity index (χ3n) is 4.37. The van der Waals surface area contributed by atoms with Gasteiger partial charge in [0.15, 0.2) is 0 Å². The van der Waals surface area contributed by atoms with Gasteiger partial charge in [-0.25, -0.2) is 0 Å². The van der Waals surface area contributed by atoms with E-state index in [0.717, 1.165) is 6.54 Å². The third kappa shape index (κ3) is 3.56. The smallest absolute Gasteiger partial charge is 0.0417 e. The van der Waals surface area contributed by atoms with Gasteiger partial charge in [0.2, 0.25) is 0 Å². The molecule has 0 saturated carbocycles. The van der Waals surface area contributed by atoms with Crippen LogP contribution in [0.4, 0.5) is 5.69 Å². The molecule has 2 atom stereocenters. The molecule has 0 radical (unpaired) electrons. The van der Waals surface area contributed by atoms with Crippen LogP contribution in [-0.2, 0) is 0 Å². The van der Waals surface area contributed by atoms with Crippen LogP contribution in [-0.4, -0.2) is 19.1 Å². The summed E-state index contributed by atoms with van der Waals surface area (Å²) in [6, 6.07) is 7.86. The normalized spacial score (nSPS) is 21.0. The third-order valence-corrected chi connectivity index (χ3v) is 4.87. The predicted octanol–water partition coefficient (Wildman–Crippen LogP) is 4.89. The molecule has 20 heavy (non-hydrogen) atoms. The van der Waals surface area contributed by atoms with Gasteiger partial charge in [0.1, 0.15) is 0 Å². The Morgan fingerprint density at radius 3 is 2.85 bits per heavy atom. The molecule has 1 aliphatic rings. The van der Waals surface area contributed by atoms with E-state index in [0.29, 0.717) is 12.1 Å². The highest BCUT2D eigenvalue weighted by Gasteiger charge is 2.24. The van der Waals surface area contributed by atoms with Crippen molar-refractivity contribution in [1.29, 1.82) is 0 Å². The summed E-state index contributed by atoms with van der Waals surface area (Å²) >= 11 is 3.63. The quantitative estimate of drug-likeness (QED) is 0.822. The van der Waals surface area contributed by atoms with Crippen molar-refractivity contribution in [1.82, 2.24) is 5.32 Å². The van der Waals surface area contributed by atoms with Gasteiger partial charge >= 0.3 is 0 Å². The summed E-state index contributed by atoms with van der Waals surface area (Å²) < 4.78 is 1.17. The van der Waals surface area contributed by atoms with E-state index in [2.05, 4.69) is 65.1 Å². The van der Waals surface area contributed by atoms with E-state index in [9.17, 15) is 0 Å². The van der Waals surface area contributed by atoms with Gasteiger partial charge in [-0.05, 0) is 62.9 Å². The van der Waals surface area contributed by atoms with Crippen LogP contribution in [0.1, 0.15) is 58.1 Å². The lowest BCUT2D eigenvalue weighted by molar-refractivity contribution is 0.447. The zero-order valence-electron chi connectivity index (χ0n) is 13.0. The summed E-state index contributed by atoms with van der Waals surface area (Å²) in [5, 5.41) is 3.55. The van der Waals surface area contributed by atoms with Crippen LogP contribution in [0.25, 0.3) is 0 Å². The highest BCUT2D eigenvalue weighted by atomic mass is 79.9. The van der Waals surface area contributed by atoms with Crippen molar-refractivity contribution in [3.8, 4) is 0 Å². The maximum atomic E-state index is 3.63. The van der Waals surface area contributed by atoms with Crippen LogP contribution < -0.4 is 10.2 Å². The molecule has 1 aromatic rings. The molecule has 112 valence electrons. The molecular weight excluding hydrogens is 312 g/mol. The monoisotopic (exact) mass is 338 g/mol. The SMILES string of the molecule is CCNC(C)c1cc(Br)ccc1N1CCCCC1CC. The standard InChI is InChI=1S/C17H27BrN2/c1-4-15-8-6-7-11-20(15)17-10-9-14(18)12-16(17)13(3)19-5-2/h9-10,12-13,15,19H,4-8,11H2,1-3H3. The second kappa shape index (κ2) is 7.46. The molecule has 1 saturated heterocycles. The fourth-order valence-corrected chi connectivity index (χ4v) is 3.67. The lowest BCUT2D eigenvalue weighted by Gasteiger charge is -2.39. The second-order valence-corrected chi connectivity index (χ2v) is 6.65. The molecule has 1 fully saturated rings. The molecule has 2 unspecified atom stereocenters. The molecule has 1 heterocycles. The molecule has 0 amide bonds. The van der Waals surface area contributed by atoms with Gasteiger partial charge in [-0.1, -0.05) is 29.8 Å². The average molecular weight is 339 g/mol. The van der Waals surface area contributed by atoms with Crippen molar-refractivity contribution in [2.24, 2.45) is 0 Å². The van der Waals surface area contributed by atoms with Gasteiger partial charge in [0.05, 0.1) is 0 Å². The summed E-state index contributed by atoms with van der Waals surface area (Å²) in [4.78, 5) is 2.64. The number of hydrogen-bond donors (Lipinski definition) is 1. The number of nitrogens with one attached hydrogen (secondary N) is 1. The molecule has 1 N–H and O–H groups in total. The van der Waals surface area contributed by atoms with E-state index in [1.807, 2.05) is 0 Å². The summed E-state index contributed by atoms with van der Waals surface area (Å²) in [7, 11) is 0. The Hall–Kier alpha value is -0.540. The van der Waals surface area contributed by atoms with E-state index in [4.69, 9.17) is 0 Å². The highest BCUT2D eigenvalue weighted by Crippen LogP contribution is 2.34. The van der Waals surface area contributed by atoms with Crippen molar-refractivity contribution >= 4 is 21.6 Å². The molecule has 0 aliphatic carbocycles. The van der Waals surface area contributed by atoms with E-state index in [1.54, 1.807) is 0 Å². The van der Waals surface area contributed by atoms with Gasteiger partial charge in [0, 0.05) is 28.8 Å². The van der Waals surface area contributed by atoms with E-state index < -0.39 is 0 Å². The lowest BCUT2D eigenvalue weighted by Crippen LogP contribution is -2.40. The number of piperidine rings is 1. The highest BCUT2D eigenvalue weighted by molar-refractivity contribution is 9.10. The molecule has 0 aromatic heterocycles. The van der Waals surface area contributed by atoms with Gasteiger partial charge in [0.25, 0.3) is 0 Å². The first kappa shape index (κ1) is 15.8. The summed E-state index contributed by atoms with van der Waals surface area (Å²) in [6.07, 6.45) is 5.28. The minimum Gasteiger partial charge on any atom is -0.368 e. The largest absolute Gasteiger partial charge is 0.368 e. The number of nitrogens with zero attached hydrogens (tertiary/aromatic N) is 1. The van der Waals surface area contributed by atoms with E-state index in [1.165, 1.54) is 48.0 Å². The molecule has 0 bridgehead atoms. The number of benzene rings is 1. The molecule has 0 spiro atoms. The second-order valence-electron chi connectivity index (χ2n) is 5.73. The van der Waals surface area contributed by atoms with Crippen LogP contribution in [0.2, 0.25) is 0 Å². The Balaban J connectivity index is 2.33. The van der Waals surface area contributed by atoms with Crippen LogP contribution in [0.15, 0.2) is 22.7 Å². The van der Waals surface area contributed by atoms with Gasteiger partial charge in [-0.2, -0.15) is 0 Å². The van der Waals surface area contributed by atoms with Crippen LogP contribution in [0.5, 0.6) is 0 Å². The number of rotatable bonds is 5. The van der Waals surface area contributed by atoms with Crippen molar-refractivity contribution in [2.75, 3.05) is 18.0 Å². The van der Waals surface area contributed by atoms with Crippen molar-refractivity contribution in [2.45, 2.75) is 58.5 Å². The maximum Gasteiger partial charge on any atom is 0.0417 e. The van der Waals surface area contributed by atoms with Crippen LogP contribution in [0, 0.1) is 0 Å². The summed E-state index contributed by atoms with van der Waals surface area (Å²) in [6.45, 7) is 8.95. The van der Waals surface area contributed by atoms with Crippen LogP contribution >= 0.6 is 15.9 Å². The lowest BCUT2D eigenvalue weighted by atomic mass is 9.96. The first-order valence-electron chi connectivity index (χ1n) is 7.96. The molecule has 1 aliphatic heterocycles. The number of halogens is 1.